The molecule has 2 saturated carbocycles. The number of rotatable bonds is 4. The number of hydrogen-bond donors (Lipinski definition) is 3. The van der Waals surface area contributed by atoms with Gasteiger partial charge in [-0.15, -0.1) is 0 Å². The Hall–Kier alpha value is -1.62. The summed E-state index contributed by atoms with van der Waals surface area (Å²) >= 11 is 0. The molecule has 1 heterocycles. The van der Waals surface area contributed by atoms with Crippen LogP contribution in [0.3, 0.4) is 0 Å². The van der Waals surface area contributed by atoms with Crippen molar-refractivity contribution in [2.24, 2.45) is 17.3 Å². The van der Waals surface area contributed by atoms with Crippen LogP contribution in [0.15, 0.2) is 12.1 Å². The van der Waals surface area contributed by atoms with E-state index < -0.39 is 6.04 Å². The lowest BCUT2D eigenvalue weighted by Crippen LogP contribution is -2.45. The van der Waals surface area contributed by atoms with E-state index in [4.69, 9.17) is 0 Å². The molecular weight excluding hydrogens is 319 g/mol. The van der Waals surface area contributed by atoms with Gasteiger partial charge in [0.05, 0.1) is 6.61 Å². The smallest absolute Gasteiger partial charge is 0.242 e. The SMILES string of the molecule is Cc1cc(F)c2c(c1)NC(C(=O)NCC1(CO)CC3CCCC3C1)C2. The van der Waals surface area contributed by atoms with Crippen LogP contribution in [0.1, 0.15) is 43.2 Å². The van der Waals surface area contributed by atoms with Crippen molar-refractivity contribution < 1.29 is 14.3 Å². The topological polar surface area (TPSA) is 61.4 Å². The number of carbonyl (C=O) groups is 1. The average Bonchev–Trinajstić information content (AvgIpc) is 3.25. The summed E-state index contributed by atoms with van der Waals surface area (Å²) in [5, 5.41) is 16.1. The summed E-state index contributed by atoms with van der Waals surface area (Å²) in [4.78, 5) is 12.6. The van der Waals surface area contributed by atoms with Gasteiger partial charge in [-0.05, 0) is 49.3 Å². The molecule has 2 aliphatic carbocycles. The molecule has 0 saturated heterocycles. The molecule has 0 aromatic heterocycles. The number of hydrogen-bond acceptors (Lipinski definition) is 3. The molecule has 1 aromatic rings. The zero-order valence-corrected chi connectivity index (χ0v) is 14.8. The predicted molar refractivity (Wildman–Crippen MR) is 94.8 cm³/mol. The van der Waals surface area contributed by atoms with E-state index in [-0.39, 0.29) is 23.7 Å². The van der Waals surface area contributed by atoms with Crippen molar-refractivity contribution in [1.82, 2.24) is 5.32 Å². The Morgan fingerprint density at radius 3 is 2.76 bits per heavy atom. The van der Waals surface area contributed by atoms with Gasteiger partial charge in [0.15, 0.2) is 0 Å². The van der Waals surface area contributed by atoms with E-state index in [0.29, 0.717) is 18.5 Å². The molecule has 2 fully saturated rings. The van der Waals surface area contributed by atoms with Crippen molar-refractivity contribution in [2.45, 2.75) is 51.5 Å². The number of aliphatic hydroxyl groups excluding tert-OH is 1. The first kappa shape index (κ1) is 16.8. The van der Waals surface area contributed by atoms with E-state index >= 15 is 0 Å². The third-order valence-corrected chi connectivity index (χ3v) is 6.57. The fourth-order valence-electron chi connectivity index (χ4n) is 5.28. The zero-order chi connectivity index (χ0) is 17.6. The van der Waals surface area contributed by atoms with Gasteiger partial charge in [-0.1, -0.05) is 19.3 Å². The molecule has 136 valence electrons. The number of fused-ring (bicyclic) bond motifs is 2. The third kappa shape index (κ3) is 3.03. The lowest BCUT2D eigenvalue weighted by Gasteiger charge is -2.29. The van der Waals surface area contributed by atoms with E-state index in [9.17, 15) is 14.3 Å². The van der Waals surface area contributed by atoms with Crippen LogP contribution < -0.4 is 10.6 Å². The first-order valence-corrected chi connectivity index (χ1v) is 9.44. The highest BCUT2D eigenvalue weighted by Crippen LogP contribution is 2.52. The standard InChI is InChI=1S/C20H27FN2O2/c1-12-5-16(21)15-7-18(23-17(15)6-12)19(25)22-10-20(11-24)8-13-3-2-4-14(13)9-20/h5-6,13-14,18,23-24H,2-4,7-11H2,1H3,(H,22,25). The summed E-state index contributed by atoms with van der Waals surface area (Å²) in [5.41, 5.74) is 2.00. The second kappa shape index (κ2) is 6.27. The van der Waals surface area contributed by atoms with Crippen LogP contribution in [0.4, 0.5) is 10.1 Å². The molecular formula is C20H27FN2O2. The molecule has 25 heavy (non-hydrogen) atoms. The van der Waals surface area contributed by atoms with E-state index in [0.717, 1.165) is 35.9 Å². The molecule has 1 aromatic carbocycles. The van der Waals surface area contributed by atoms with Gasteiger partial charge in [-0.2, -0.15) is 0 Å². The quantitative estimate of drug-likeness (QED) is 0.786. The number of halogens is 1. The maximum Gasteiger partial charge on any atom is 0.242 e. The summed E-state index contributed by atoms with van der Waals surface area (Å²) in [6.07, 6.45) is 6.24. The summed E-state index contributed by atoms with van der Waals surface area (Å²) in [6, 6.07) is 2.97. The molecule has 0 bridgehead atoms. The molecule has 0 radical (unpaired) electrons. The fourth-order valence-corrected chi connectivity index (χ4v) is 5.28. The van der Waals surface area contributed by atoms with E-state index in [2.05, 4.69) is 10.6 Å². The van der Waals surface area contributed by atoms with Crippen LogP contribution in [0.5, 0.6) is 0 Å². The minimum absolute atomic E-state index is 0.0989. The lowest BCUT2D eigenvalue weighted by molar-refractivity contribution is -0.122. The second-order valence-corrected chi connectivity index (χ2v) is 8.41. The Morgan fingerprint density at radius 1 is 1.36 bits per heavy atom. The highest BCUT2D eigenvalue weighted by atomic mass is 19.1. The number of benzene rings is 1. The monoisotopic (exact) mass is 346 g/mol. The largest absolute Gasteiger partial charge is 0.396 e. The van der Waals surface area contributed by atoms with Crippen molar-refractivity contribution in [3.63, 3.8) is 0 Å². The van der Waals surface area contributed by atoms with Gasteiger partial charge in [0.25, 0.3) is 0 Å². The van der Waals surface area contributed by atoms with E-state index in [1.165, 1.54) is 25.3 Å². The third-order valence-electron chi connectivity index (χ3n) is 6.57. The second-order valence-electron chi connectivity index (χ2n) is 8.41. The number of aliphatic hydroxyl groups is 1. The highest BCUT2D eigenvalue weighted by Gasteiger charge is 2.46. The van der Waals surface area contributed by atoms with Gasteiger partial charge in [0.2, 0.25) is 5.91 Å². The first-order valence-electron chi connectivity index (χ1n) is 9.44. The molecule has 5 heteroatoms. The van der Waals surface area contributed by atoms with Crippen LogP contribution in [0, 0.1) is 30.0 Å². The average molecular weight is 346 g/mol. The minimum atomic E-state index is -0.428. The van der Waals surface area contributed by atoms with Crippen molar-refractivity contribution in [1.29, 1.82) is 0 Å². The molecule has 0 spiro atoms. The Labute approximate surface area is 148 Å². The summed E-state index contributed by atoms with van der Waals surface area (Å²) < 4.78 is 14.1. The number of amides is 1. The summed E-state index contributed by atoms with van der Waals surface area (Å²) in [7, 11) is 0. The minimum Gasteiger partial charge on any atom is -0.396 e. The van der Waals surface area contributed by atoms with E-state index in [1.54, 1.807) is 0 Å². The van der Waals surface area contributed by atoms with Gasteiger partial charge in [-0.25, -0.2) is 4.39 Å². The van der Waals surface area contributed by atoms with Crippen molar-refractivity contribution in [2.75, 3.05) is 18.5 Å². The van der Waals surface area contributed by atoms with Crippen LogP contribution in [-0.2, 0) is 11.2 Å². The normalized spacial score (nSPS) is 33.0. The first-order chi connectivity index (χ1) is 12.0. The Morgan fingerprint density at radius 2 is 2.08 bits per heavy atom. The molecule has 3 unspecified atom stereocenters. The fraction of sp³-hybridized carbons (Fsp3) is 0.650. The number of carbonyl (C=O) groups excluding carboxylic acids is 1. The maximum atomic E-state index is 14.1. The van der Waals surface area contributed by atoms with Crippen molar-refractivity contribution >= 4 is 11.6 Å². The lowest BCUT2D eigenvalue weighted by atomic mass is 9.84. The molecule has 3 N–H and O–H groups in total. The van der Waals surface area contributed by atoms with Gasteiger partial charge in [-0.3, -0.25) is 4.79 Å². The van der Waals surface area contributed by atoms with Crippen molar-refractivity contribution in [3.05, 3.63) is 29.1 Å². The Bertz CT molecular complexity index is 679. The van der Waals surface area contributed by atoms with Crippen LogP contribution in [0.25, 0.3) is 0 Å². The predicted octanol–water partition coefficient (Wildman–Crippen LogP) is 2.78. The highest BCUT2D eigenvalue weighted by molar-refractivity contribution is 5.87. The summed E-state index contributed by atoms with van der Waals surface area (Å²) in [6.45, 7) is 2.50. The molecule has 3 aliphatic rings. The molecule has 1 aliphatic heterocycles. The molecule has 3 atom stereocenters. The van der Waals surface area contributed by atoms with Crippen LogP contribution in [-0.4, -0.2) is 30.2 Å². The molecule has 4 rings (SSSR count). The van der Waals surface area contributed by atoms with Gasteiger partial charge >= 0.3 is 0 Å². The van der Waals surface area contributed by atoms with Gasteiger partial charge in [0.1, 0.15) is 11.9 Å². The number of aryl methyl sites for hydroxylation is 1. The van der Waals surface area contributed by atoms with E-state index in [1.807, 2.05) is 13.0 Å². The Balaban J connectivity index is 1.38. The van der Waals surface area contributed by atoms with Crippen LogP contribution >= 0.6 is 0 Å². The van der Waals surface area contributed by atoms with Gasteiger partial charge in [0, 0.05) is 29.6 Å². The summed E-state index contributed by atoms with van der Waals surface area (Å²) in [5.74, 6) is 1.09. The Kier molecular flexibility index (Phi) is 4.22. The molecule has 4 nitrogen and oxygen atoms in total. The number of anilines is 1. The zero-order valence-electron chi connectivity index (χ0n) is 14.8. The molecule has 1 amide bonds. The van der Waals surface area contributed by atoms with Crippen molar-refractivity contribution in [3.8, 4) is 0 Å². The van der Waals surface area contributed by atoms with Gasteiger partial charge < -0.3 is 15.7 Å². The maximum absolute atomic E-state index is 14.1. The number of nitrogens with one attached hydrogen (secondary N) is 2. The van der Waals surface area contributed by atoms with Crippen LogP contribution in [0.2, 0.25) is 0 Å².